The molecule has 0 fully saturated rings. The van der Waals surface area contributed by atoms with Crippen molar-refractivity contribution in [1.29, 1.82) is 0 Å². The number of H-pyrrole nitrogens is 1. The van der Waals surface area contributed by atoms with E-state index >= 15 is 0 Å². The number of hydrogen-bond acceptors (Lipinski definition) is 2. The maximum atomic E-state index is 4.20. The molecular weight excluding hydrogens is 277 g/mol. The zero-order valence-corrected chi connectivity index (χ0v) is 12.2. The maximum absolute atomic E-state index is 4.20. The minimum atomic E-state index is 0.657. The molecule has 1 aromatic rings. The van der Waals surface area contributed by atoms with Gasteiger partial charge in [0.05, 0.1) is 0 Å². The summed E-state index contributed by atoms with van der Waals surface area (Å²) in [7, 11) is 0. The molecule has 0 saturated heterocycles. The van der Waals surface area contributed by atoms with Gasteiger partial charge in [0.1, 0.15) is 0 Å². The molecule has 0 bridgehead atoms. The third-order valence-electron chi connectivity index (χ3n) is 2.40. The van der Waals surface area contributed by atoms with Crippen molar-refractivity contribution in [2.75, 3.05) is 0 Å². The number of nitrogens with one attached hydrogen (secondary N) is 1. The third-order valence-corrected chi connectivity index (χ3v) is 4.26. The molecule has 0 saturated carbocycles. The number of aromatic amines is 1. The molecule has 1 atom stereocenters. The fourth-order valence-corrected chi connectivity index (χ4v) is 2.63. The molecule has 1 N–H and O–H groups in total. The van der Waals surface area contributed by atoms with Crippen molar-refractivity contribution >= 4 is 24.4 Å². The number of aromatic nitrogens is 3. The summed E-state index contributed by atoms with van der Waals surface area (Å²) in [6.07, 6.45) is 9.70. The fraction of sp³-hybridized carbons (Fsp3) is 0.800. The molecule has 0 aliphatic carbocycles. The monoisotopic (exact) mass is 295 g/mol. The van der Waals surface area contributed by atoms with Crippen LogP contribution in [0, 0.1) is 0 Å². The van der Waals surface area contributed by atoms with Crippen molar-refractivity contribution in [2.45, 2.75) is 49.1 Å². The molecule has 4 heteroatoms. The van der Waals surface area contributed by atoms with Gasteiger partial charge in [0.2, 0.25) is 0 Å². The van der Waals surface area contributed by atoms with Gasteiger partial charge in [-0.05, 0) is 0 Å². The second-order valence-electron chi connectivity index (χ2n) is 3.68. The average Bonchev–Trinajstić information content (AvgIpc) is 2.70. The molecule has 3 nitrogen and oxygen atoms in total. The first kappa shape index (κ1) is 12.1. The van der Waals surface area contributed by atoms with Crippen LogP contribution >= 0.6 is 0 Å². The van der Waals surface area contributed by atoms with E-state index in [2.05, 4.69) is 22.1 Å². The summed E-state index contributed by atoms with van der Waals surface area (Å²) in [6, 6.07) is 0. The van der Waals surface area contributed by atoms with Crippen molar-refractivity contribution in [1.82, 2.24) is 15.2 Å². The molecule has 0 amide bonds. The van der Waals surface area contributed by atoms with Crippen LogP contribution in [-0.4, -0.2) is 39.6 Å². The molecular formula is C10H18InN3. The van der Waals surface area contributed by atoms with Crippen LogP contribution < -0.4 is 0 Å². The van der Waals surface area contributed by atoms with Gasteiger partial charge in [0.15, 0.2) is 0 Å². The molecule has 14 heavy (non-hydrogen) atoms. The van der Waals surface area contributed by atoms with E-state index in [1.54, 1.807) is 6.33 Å². The molecule has 1 aromatic heterocycles. The van der Waals surface area contributed by atoms with Crippen LogP contribution in [0.25, 0.3) is 0 Å². The van der Waals surface area contributed by atoms with Gasteiger partial charge in [0.25, 0.3) is 0 Å². The standard InChI is InChI=1S/C10H18N3.In/c1-2-3-4-5-6-7-8-10-11-9-12-13-10;/h8-9H,2-7H2,1H3,(H,11,12,13);. The van der Waals surface area contributed by atoms with Crippen LogP contribution in [0.4, 0.5) is 0 Å². The Kier molecular flexibility index (Phi) is 6.32. The first-order chi connectivity index (χ1) is 6.84. The predicted molar refractivity (Wildman–Crippen MR) is 58.3 cm³/mol. The number of unbranched alkanes of at least 4 members (excludes halogenated alkanes) is 4. The van der Waals surface area contributed by atoms with E-state index < -0.39 is 0 Å². The normalized spacial score (nSPS) is 12.9. The van der Waals surface area contributed by atoms with Gasteiger partial charge < -0.3 is 0 Å². The van der Waals surface area contributed by atoms with Crippen molar-refractivity contribution in [2.24, 2.45) is 0 Å². The number of nitrogens with zero attached hydrogens (tertiary/aromatic N) is 2. The van der Waals surface area contributed by atoms with E-state index in [9.17, 15) is 0 Å². The van der Waals surface area contributed by atoms with E-state index in [4.69, 9.17) is 0 Å². The van der Waals surface area contributed by atoms with Gasteiger partial charge >= 0.3 is 101 Å². The molecule has 2 radical (unpaired) electrons. The number of hydrogen-bond donors (Lipinski definition) is 1. The quantitative estimate of drug-likeness (QED) is 0.785. The van der Waals surface area contributed by atoms with Crippen LogP contribution in [-0.2, 0) is 0 Å². The summed E-state index contributed by atoms with van der Waals surface area (Å²) in [4.78, 5) is 4.20. The topological polar surface area (TPSA) is 41.6 Å². The average molecular weight is 295 g/mol. The zero-order chi connectivity index (χ0) is 10.2. The van der Waals surface area contributed by atoms with Gasteiger partial charge in [-0.3, -0.25) is 0 Å². The van der Waals surface area contributed by atoms with Gasteiger partial charge in [-0.1, -0.05) is 0 Å². The van der Waals surface area contributed by atoms with Crippen LogP contribution in [0.5, 0.6) is 0 Å². The Morgan fingerprint density at radius 2 is 2.14 bits per heavy atom. The van der Waals surface area contributed by atoms with Gasteiger partial charge in [0, 0.05) is 0 Å². The van der Waals surface area contributed by atoms with E-state index in [0.29, 0.717) is 3.67 Å². The first-order valence-corrected chi connectivity index (χ1v) is 7.35. The molecule has 0 aromatic carbocycles. The summed E-state index contributed by atoms with van der Waals surface area (Å²) in [5, 5.41) is 6.85. The van der Waals surface area contributed by atoms with Crippen LogP contribution in [0.1, 0.15) is 54.9 Å². The summed E-state index contributed by atoms with van der Waals surface area (Å²) in [6.45, 7) is 2.25. The molecule has 1 unspecified atom stereocenters. The summed E-state index contributed by atoms with van der Waals surface area (Å²) < 4.78 is 0.657. The summed E-state index contributed by atoms with van der Waals surface area (Å²) in [5.41, 5.74) is 0. The van der Waals surface area contributed by atoms with Crippen molar-refractivity contribution in [3.05, 3.63) is 12.2 Å². The second kappa shape index (κ2) is 7.32. The van der Waals surface area contributed by atoms with Crippen molar-refractivity contribution < 1.29 is 0 Å². The summed E-state index contributed by atoms with van der Waals surface area (Å²) in [5.74, 6) is 1.09. The van der Waals surface area contributed by atoms with Crippen molar-refractivity contribution in [3.8, 4) is 0 Å². The van der Waals surface area contributed by atoms with Crippen molar-refractivity contribution in [3.63, 3.8) is 0 Å². The zero-order valence-electron chi connectivity index (χ0n) is 8.87. The molecule has 1 rings (SSSR count). The molecule has 1 heterocycles. The molecule has 76 valence electrons. The van der Waals surface area contributed by atoms with E-state index in [1.807, 2.05) is 0 Å². The Balaban J connectivity index is 2.07. The Hall–Kier alpha value is 0.0101. The predicted octanol–water partition coefficient (Wildman–Crippen LogP) is 2.37. The summed E-state index contributed by atoms with van der Waals surface area (Å²) >= 11 is 1.24. The third kappa shape index (κ3) is 4.49. The Morgan fingerprint density at radius 1 is 1.36 bits per heavy atom. The van der Waals surface area contributed by atoms with E-state index in [-0.39, 0.29) is 0 Å². The van der Waals surface area contributed by atoms with Gasteiger partial charge in [-0.25, -0.2) is 0 Å². The van der Waals surface area contributed by atoms with Gasteiger partial charge in [-0.2, -0.15) is 0 Å². The Labute approximate surface area is 101 Å². The minimum absolute atomic E-state index is 0.657. The first-order valence-electron chi connectivity index (χ1n) is 5.45. The number of rotatable bonds is 7. The van der Waals surface area contributed by atoms with Crippen LogP contribution in [0.3, 0.4) is 0 Å². The van der Waals surface area contributed by atoms with Crippen LogP contribution in [0.15, 0.2) is 6.33 Å². The van der Waals surface area contributed by atoms with E-state index in [1.165, 1.54) is 62.9 Å². The van der Waals surface area contributed by atoms with E-state index in [0.717, 1.165) is 5.82 Å². The Bertz CT molecular complexity index is 223. The van der Waals surface area contributed by atoms with Gasteiger partial charge in [-0.15, -0.1) is 0 Å². The molecule has 0 spiro atoms. The Morgan fingerprint density at radius 3 is 2.79 bits per heavy atom. The molecule has 0 aliphatic heterocycles. The van der Waals surface area contributed by atoms with Crippen LogP contribution in [0.2, 0.25) is 0 Å². The SMILES string of the molecule is CCCCCCC[CH]([In])c1ncn[nH]1. The second-order valence-corrected chi connectivity index (χ2v) is 5.98. The fourth-order valence-electron chi connectivity index (χ4n) is 1.50. The molecule has 0 aliphatic rings.